The number of hydrogen-bond acceptors (Lipinski definition) is 4. The molecule has 6 aromatic rings. The molecule has 2 heterocycles. The van der Waals surface area contributed by atoms with Gasteiger partial charge in [-0.1, -0.05) is 60.7 Å². The first-order valence-corrected chi connectivity index (χ1v) is 12.6. The van der Waals surface area contributed by atoms with Crippen molar-refractivity contribution in [3.8, 4) is 45.3 Å². The van der Waals surface area contributed by atoms with Gasteiger partial charge < -0.3 is 31.4 Å². The molecule has 39 heavy (non-hydrogen) atoms. The Hall–Kier alpha value is -4.48. The lowest BCUT2D eigenvalue weighted by Crippen LogP contribution is -3.00. The first-order chi connectivity index (χ1) is 18.7. The molecule has 0 aliphatic carbocycles. The summed E-state index contributed by atoms with van der Waals surface area (Å²) in [5, 5.41) is 5.47. The average molecular weight is 536 g/mol. The number of rotatable bonds is 4. The second-order valence-electron chi connectivity index (χ2n) is 9.49. The molecule has 0 fully saturated rings. The van der Waals surface area contributed by atoms with Gasteiger partial charge >= 0.3 is 0 Å². The first-order valence-electron chi connectivity index (χ1n) is 12.6. The van der Waals surface area contributed by atoms with Gasteiger partial charge in [-0.3, -0.25) is 0 Å². The highest BCUT2D eigenvalue weighted by Gasteiger charge is 2.25. The largest absolute Gasteiger partial charge is 1.00 e. The second kappa shape index (κ2) is 9.68. The quantitative estimate of drug-likeness (QED) is 0.252. The number of ether oxygens (including phenoxy) is 4. The predicted octanol–water partition coefficient (Wildman–Crippen LogP) is 4.05. The van der Waals surface area contributed by atoms with Crippen molar-refractivity contribution in [1.82, 2.24) is 0 Å². The number of nitrogens with zero attached hydrogens (tertiary/aromatic N) is 1. The molecule has 0 saturated carbocycles. The van der Waals surface area contributed by atoms with Crippen LogP contribution in [0.25, 0.3) is 54.7 Å². The third-order valence-corrected chi connectivity index (χ3v) is 7.46. The predicted molar refractivity (Wildman–Crippen MR) is 150 cm³/mol. The molecule has 0 atom stereocenters. The monoisotopic (exact) mass is 535 g/mol. The Morgan fingerprint density at radius 3 is 2.10 bits per heavy atom. The summed E-state index contributed by atoms with van der Waals surface area (Å²) in [7, 11) is 5.46. The van der Waals surface area contributed by atoms with E-state index in [-0.39, 0.29) is 19.2 Å². The van der Waals surface area contributed by atoms with E-state index in [1.54, 1.807) is 14.2 Å². The van der Waals surface area contributed by atoms with E-state index in [2.05, 4.69) is 90.6 Å². The molecule has 1 aliphatic heterocycles. The number of pyridine rings is 1. The fourth-order valence-corrected chi connectivity index (χ4v) is 5.73. The van der Waals surface area contributed by atoms with Gasteiger partial charge in [-0.15, -0.1) is 0 Å². The standard InChI is InChI=1S/C33H26NO4.ClH/c1-34-18-27-23(15-16-28-32(27)38-19-37-28)25-14-13-24-26(31(25)34)17-29(35-2)33(36-3)30(24)22-11-9-21(10-12-22)20-7-5-4-6-8-20;/h4-18H,19H2,1-3H3;1H/q+1;/p-1. The third-order valence-electron chi connectivity index (χ3n) is 7.46. The maximum Gasteiger partial charge on any atom is 0.231 e. The molecule has 0 radical (unpaired) electrons. The van der Waals surface area contributed by atoms with E-state index in [0.29, 0.717) is 5.75 Å². The molecule has 6 heteroatoms. The van der Waals surface area contributed by atoms with Crippen LogP contribution >= 0.6 is 0 Å². The van der Waals surface area contributed by atoms with E-state index >= 15 is 0 Å². The molecule has 0 unspecified atom stereocenters. The lowest BCUT2D eigenvalue weighted by Gasteiger charge is -2.17. The summed E-state index contributed by atoms with van der Waals surface area (Å²) in [6.07, 6.45) is 2.12. The maximum atomic E-state index is 5.95. The van der Waals surface area contributed by atoms with Crippen LogP contribution in [0.15, 0.2) is 91.1 Å². The van der Waals surface area contributed by atoms with Crippen LogP contribution in [0.3, 0.4) is 0 Å². The Balaban J connectivity index is 0.00000277. The molecule has 0 bridgehead atoms. The third kappa shape index (κ3) is 3.81. The molecule has 7 rings (SSSR count). The lowest BCUT2D eigenvalue weighted by atomic mass is 9.92. The van der Waals surface area contributed by atoms with Gasteiger partial charge in [0, 0.05) is 16.3 Å². The number of benzene rings is 5. The highest BCUT2D eigenvalue weighted by Crippen LogP contribution is 2.47. The Kier molecular flexibility index (Phi) is 6.16. The highest BCUT2D eigenvalue weighted by atomic mass is 35.5. The molecule has 5 aromatic carbocycles. The fraction of sp³-hybridized carbons (Fsp3) is 0.121. The van der Waals surface area contributed by atoms with E-state index in [1.807, 2.05) is 12.1 Å². The van der Waals surface area contributed by atoms with Crippen LogP contribution in [0.2, 0.25) is 0 Å². The van der Waals surface area contributed by atoms with Gasteiger partial charge in [0.25, 0.3) is 0 Å². The summed E-state index contributed by atoms with van der Waals surface area (Å²) in [6, 6.07) is 29.6. The van der Waals surface area contributed by atoms with E-state index in [1.165, 1.54) is 11.1 Å². The minimum Gasteiger partial charge on any atom is -1.00 e. The van der Waals surface area contributed by atoms with Crippen molar-refractivity contribution in [2.75, 3.05) is 21.0 Å². The number of methoxy groups -OCH3 is 2. The Morgan fingerprint density at radius 1 is 0.667 bits per heavy atom. The summed E-state index contributed by atoms with van der Waals surface area (Å²) in [5.74, 6) is 3.00. The van der Waals surface area contributed by atoms with E-state index in [4.69, 9.17) is 18.9 Å². The second-order valence-corrected chi connectivity index (χ2v) is 9.49. The van der Waals surface area contributed by atoms with Crippen molar-refractivity contribution in [2.24, 2.45) is 7.05 Å². The van der Waals surface area contributed by atoms with Crippen molar-refractivity contribution < 1.29 is 35.9 Å². The van der Waals surface area contributed by atoms with Gasteiger partial charge in [-0.2, -0.15) is 4.57 Å². The Morgan fingerprint density at radius 2 is 1.36 bits per heavy atom. The van der Waals surface area contributed by atoms with Crippen LogP contribution in [0.5, 0.6) is 23.0 Å². The molecule has 194 valence electrons. The Bertz CT molecular complexity index is 1870. The number of hydrogen-bond donors (Lipinski definition) is 0. The van der Waals surface area contributed by atoms with Crippen LogP contribution in [0.4, 0.5) is 0 Å². The number of aryl methyl sites for hydroxylation is 1. The van der Waals surface area contributed by atoms with Gasteiger partial charge in [0.15, 0.2) is 29.2 Å². The van der Waals surface area contributed by atoms with Crippen molar-refractivity contribution in [1.29, 1.82) is 0 Å². The fourth-order valence-electron chi connectivity index (χ4n) is 5.73. The van der Waals surface area contributed by atoms with Crippen molar-refractivity contribution in [3.05, 3.63) is 91.1 Å². The Labute approximate surface area is 232 Å². The lowest BCUT2D eigenvalue weighted by molar-refractivity contribution is -0.642. The van der Waals surface area contributed by atoms with E-state index < -0.39 is 0 Å². The van der Waals surface area contributed by atoms with Crippen LogP contribution in [-0.4, -0.2) is 21.0 Å². The summed E-state index contributed by atoms with van der Waals surface area (Å²) in [6.45, 7) is 0.247. The average Bonchev–Trinajstić information content (AvgIpc) is 3.46. The molecule has 0 N–H and O–H groups in total. The van der Waals surface area contributed by atoms with Gasteiger partial charge in [0.05, 0.1) is 30.4 Å². The summed E-state index contributed by atoms with van der Waals surface area (Å²) in [4.78, 5) is 0. The smallest absolute Gasteiger partial charge is 0.231 e. The minimum absolute atomic E-state index is 0. The van der Waals surface area contributed by atoms with Crippen molar-refractivity contribution in [2.45, 2.75) is 0 Å². The van der Waals surface area contributed by atoms with Crippen molar-refractivity contribution >= 4 is 32.4 Å². The molecule has 1 aliphatic rings. The van der Waals surface area contributed by atoms with Crippen LogP contribution < -0.4 is 35.9 Å². The SMILES string of the molecule is COc1cc2c(ccc3c4ccc5c(c4c[n+](C)c23)OCO5)c(-c2ccc(-c3ccccc3)cc2)c1OC.[Cl-]. The topological polar surface area (TPSA) is 40.8 Å². The normalized spacial score (nSPS) is 12.1. The molecule has 0 amide bonds. The molecular weight excluding hydrogens is 510 g/mol. The van der Waals surface area contributed by atoms with Crippen LogP contribution in [0, 0.1) is 0 Å². The molecule has 0 saturated heterocycles. The summed E-state index contributed by atoms with van der Waals surface area (Å²) < 4.78 is 25.4. The highest BCUT2D eigenvalue weighted by molar-refractivity contribution is 6.18. The number of fused-ring (bicyclic) bond motifs is 7. The molecule has 5 nitrogen and oxygen atoms in total. The molecular formula is C33H26ClNO4. The van der Waals surface area contributed by atoms with Gasteiger partial charge in [-0.05, 0) is 41.0 Å². The summed E-state index contributed by atoms with van der Waals surface area (Å²) >= 11 is 0. The van der Waals surface area contributed by atoms with Crippen molar-refractivity contribution in [3.63, 3.8) is 0 Å². The number of halogens is 1. The van der Waals surface area contributed by atoms with Crippen LogP contribution in [0.1, 0.15) is 0 Å². The first kappa shape index (κ1) is 24.8. The zero-order valence-corrected chi connectivity index (χ0v) is 22.6. The maximum absolute atomic E-state index is 5.95. The minimum atomic E-state index is 0. The van der Waals surface area contributed by atoms with Gasteiger partial charge in [0.1, 0.15) is 7.05 Å². The summed E-state index contributed by atoms with van der Waals surface area (Å²) in [5.41, 5.74) is 5.54. The number of aromatic nitrogens is 1. The zero-order valence-electron chi connectivity index (χ0n) is 21.8. The zero-order chi connectivity index (χ0) is 25.8. The molecule has 0 spiro atoms. The van der Waals surface area contributed by atoms with Gasteiger partial charge in [0.2, 0.25) is 12.3 Å². The molecule has 1 aromatic heterocycles. The van der Waals surface area contributed by atoms with Crippen LogP contribution in [-0.2, 0) is 7.05 Å². The van der Waals surface area contributed by atoms with E-state index in [0.717, 1.165) is 60.8 Å². The van der Waals surface area contributed by atoms with E-state index in [9.17, 15) is 0 Å². The van der Waals surface area contributed by atoms with Gasteiger partial charge in [-0.25, -0.2) is 0 Å².